The Labute approximate surface area is 157 Å². The van der Waals surface area contributed by atoms with Crippen LogP contribution in [0, 0.1) is 0 Å². The minimum atomic E-state index is -0.283. The van der Waals surface area contributed by atoms with Gasteiger partial charge in [0.15, 0.2) is 0 Å². The molecule has 2 aromatic rings. The van der Waals surface area contributed by atoms with E-state index in [0.29, 0.717) is 16.9 Å². The first-order valence-corrected chi connectivity index (χ1v) is 8.75. The molecule has 1 aliphatic rings. The summed E-state index contributed by atoms with van der Waals surface area (Å²) in [6.07, 6.45) is 2.02. The zero-order valence-corrected chi connectivity index (χ0v) is 15.3. The van der Waals surface area contributed by atoms with E-state index in [4.69, 9.17) is 0 Å². The van der Waals surface area contributed by atoms with Crippen LogP contribution in [0.1, 0.15) is 30.1 Å². The molecule has 0 radical (unpaired) electrons. The fraction of sp³-hybridized carbons (Fsp3) is 0.250. The average Bonchev–Trinajstić information content (AvgIpc) is 3.45. The number of hydrogen-bond acceptors (Lipinski definition) is 3. The summed E-state index contributed by atoms with van der Waals surface area (Å²) in [5, 5.41) is 8.38. The normalized spacial score (nSPS) is 12.8. The molecule has 27 heavy (non-hydrogen) atoms. The molecule has 1 aliphatic carbocycles. The van der Waals surface area contributed by atoms with Gasteiger partial charge in [-0.05, 0) is 55.3 Å². The second-order valence-corrected chi connectivity index (χ2v) is 6.53. The van der Waals surface area contributed by atoms with Crippen LogP contribution < -0.4 is 20.9 Å². The predicted octanol–water partition coefficient (Wildman–Crippen LogP) is 3.21. The van der Waals surface area contributed by atoms with Gasteiger partial charge in [-0.3, -0.25) is 9.59 Å². The highest BCUT2D eigenvalue weighted by atomic mass is 16.2. The van der Waals surface area contributed by atoms with Gasteiger partial charge in [0.05, 0.1) is 0 Å². The van der Waals surface area contributed by atoms with Crippen LogP contribution in [-0.2, 0) is 4.79 Å². The van der Waals surface area contributed by atoms with Crippen LogP contribution in [0.5, 0.6) is 0 Å². The molecular formula is C20H22N4O3. The van der Waals surface area contributed by atoms with Crippen molar-refractivity contribution in [3.63, 3.8) is 0 Å². The summed E-state index contributed by atoms with van der Waals surface area (Å²) in [6.45, 7) is 1.49. The number of carbonyl (C=O) groups is 3. The molecule has 2 aromatic carbocycles. The first-order chi connectivity index (χ1) is 12.9. The highest BCUT2D eigenvalue weighted by Crippen LogP contribution is 2.20. The number of nitrogens with zero attached hydrogens (tertiary/aromatic N) is 1. The number of rotatable bonds is 5. The van der Waals surface area contributed by atoms with Crippen molar-refractivity contribution in [2.24, 2.45) is 0 Å². The minimum absolute atomic E-state index is 0.0678. The van der Waals surface area contributed by atoms with Gasteiger partial charge in [0.25, 0.3) is 5.91 Å². The Bertz CT molecular complexity index is 860. The molecule has 7 nitrogen and oxygen atoms in total. The van der Waals surface area contributed by atoms with E-state index in [-0.39, 0.29) is 23.9 Å². The lowest BCUT2D eigenvalue weighted by Crippen LogP contribution is -2.30. The van der Waals surface area contributed by atoms with E-state index in [0.717, 1.165) is 18.5 Å². The quantitative estimate of drug-likeness (QED) is 0.759. The van der Waals surface area contributed by atoms with Gasteiger partial charge in [-0.25, -0.2) is 4.79 Å². The van der Waals surface area contributed by atoms with Crippen molar-refractivity contribution in [1.82, 2.24) is 5.32 Å². The predicted molar refractivity (Wildman–Crippen MR) is 105 cm³/mol. The van der Waals surface area contributed by atoms with E-state index in [1.807, 2.05) is 0 Å². The average molecular weight is 366 g/mol. The number of benzene rings is 2. The SMILES string of the molecule is CC(=O)N(C)c1ccc(NC(=O)c2cccc(NC(=O)NC3CC3)c2)cc1. The number of anilines is 3. The zero-order valence-electron chi connectivity index (χ0n) is 15.3. The molecule has 140 valence electrons. The van der Waals surface area contributed by atoms with Gasteiger partial charge in [-0.15, -0.1) is 0 Å². The van der Waals surface area contributed by atoms with Crippen LogP contribution in [-0.4, -0.2) is 30.9 Å². The van der Waals surface area contributed by atoms with Gasteiger partial charge in [-0.1, -0.05) is 6.07 Å². The Balaban J connectivity index is 1.62. The molecule has 3 rings (SSSR count). The van der Waals surface area contributed by atoms with Crippen LogP contribution in [0.25, 0.3) is 0 Å². The van der Waals surface area contributed by atoms with E-state index >= 15 is 0 Å². The maximum absolute atomic E-state index is 12.5. The van der Waals surface area contributed by atoms with Crippen molar-refractivity contribution in [1.29, 1.82) is 0 Å². The molecule has 7 heteroatoms. The number of urea groups is 1. The van der Waals surface area contributed by atoms with Crippen LogP contribution >= 0.6 is 0 Å². The van der Waals surface area contributed by atoms with Gasteiger partial charge in [0.1, 0.15) is 0 Å². The van der Waals surface area contributed by atoms with Gasteiger partial charge in [0, 0.05) is 42.6 Å². The number of carbonyl (C=O) groups excluding carboxylic acids is 3. The molecule has 0 aliphatic heterocycles. The number of amides is 4. The Morgan fingerprint density at radius 1 is 0.963 bits per heavy atom. The molecule has 0 bridgehead atoms. The van der Waals surface area contributed by atoms with Crippen molar-refractivity contribution in [2.75, 3.05) is 22.6 Å². The maximum atomic E-state index is 12.5. The molecule has 0 aromatic heterocycles. The fourth-order valence-corrected chi connectivity index (χ4v) is 2.47. The minimum Gasteiger partial charge on any atom is -0.335 e. The second kappa shape index (κ2) is 7.90. The van der Waals surface area contributed by atoms with Gasteiger partial charge in [-0.2, -0.15) is 0 Å². The van der Waals surface area contributed by atoms with E-state index in [2.05, 4.69) is 16.0 Å². The molecule has 4 amide bonds. The van der Waals surface area contributed by atoms with Crippen molar-refractivity contribution in [3.05, 3.63) is 54.1 Å². The highest BCUT2D eigenvalue weighted by molar-refractivity contribution is 6.05. The summed E-state index contributed by atoms with van der Waals surface area (Å²) in [5.41, 5.74) is 2.35. The third kappa shape index (κ3) is 5.07. The van der Waals surface area contributed by atoms with Crippen molar-refractivity contribution in [2.45, 2.75) is 25.8 Å². The number of hydrogen-bond donors (Lipinski definition) is 3. The first kappa shape index (κ1) is 18.4. The lowest BCUT2D eigenvalue weighted by molar-refractivity contribution is -0.116. The summed E-state index contributed by atoms with van der Waals surface area (Å²) in [4.78, 5) is 37.2. The Kier molecular flexibility index (Phi) is 5.40. The van der Waals surface area contributed by atoms with E-state index in [9.17, 15) is 14.4 Å². The summed E-state index contributed by atoms with van der Waals surface area (Å²) in [5.74, 6) is -0.351. The molecule has 0 spiro atoms. The standard InChI is InChI=1S/C20H22N4O3/c1-13(25)24(2)18-10-8-15(9-11-18)21-19(26)14-4-3-5-17(12-14)23-20(27)22-16-6-7-16/h3-5,8-12,16H,6-7H2,1-2H3,(H,21,26)(H2,22,23,27). The Hall–Kier alpha value is -3.35. The molecule has 3 N–H and O–H groups in total. The van der Waals surface area contributed by atoms with E-state index < -0.39 is 0 Å². The van der Waals surface area contributed by atoms with Crippen LogP contribution in [0.15, 0.2) is 48.5 Å². The van der Waals surface area contributed by atoms with E-state index in [1.165, 1.54) is 11.8 Å². The Morgan fingerprint density at radius 3 is 2.30 bits per heavy atom. The summed E-state index contributed by atoms with van der Waals surface area (Å²) in [7, 11) is 1.69. The third-order valence-electron chi connectivity index (χ3n) is 4.28. The molecule has 1 fully saturated rings. The summed E-state index contributed by atoms with van der Waals surface area (Å²) < 4.78 is 0. The van der Waals surface area contributed by atoms with Crippen molar-refractivity contribution in [3.8, 4) is 0 Å². The molecule has 0 heterocycles. The molecule has 0 atom stereocenters. The molecular weight excluding hydrogens is 344 g/mol. The summed E-state index contributed by atoms with van der Waals surface area (Å²) in [6, 6.07) is 13.7. The first-order valence-electron chi connectivity index (χ1n) is 8.75. The topological polar surface area (TPSA) is 90.5 Å². The monoisotopic (exact) mass is 366 g/mol. The second-order valence-electron chi connectivity index (χ2n) is 6.53. The maximum Gasteiger partial charge on any atom is 0.319 e. The van der Waals surface area contributed by atoms with Gasteiger partial charge < -0.3 is 20.9 Å². The van der Waals surface area contributed by atoms with Gasteiger partial charge >= 0.3 is 6.03 Å². The lowest BCUT2D eigenvalue weighted by atomic mass is 10.1. The molecule has 0 saturated heterocycles. The van der Waals surface area contributed by atoms with Crippen LogP contribution in [0.4, 0.5) is 21.9 Å². The van der Waals surface area contributed by atoms with Crippen LogP contribution in [0.3, 0.4) is 0 Å². The van der Waals surface area contributed by atoms with Crippen molar-refractivity contribution < 1.29 is 14.4 Å². The van der Waals surface area contributed by atoms with Gasteiger partial charge in [0.2, 0.25) is 5.91 Å². The molecule has 1 saturated carbocycles. The fourth-order valence-electron chi connectivity index (χ4n) is 2.47. The third-order valence-corrected chi connectivity index (χ3v) is 4.28. The Morgan fingerprint density at radius 2 is 1.67 bits per heavy atom. The van der Waals surface area contributed by atoms with E-state index in [1.54, 1.807) is 55.6 Å². The largest absolute Gasteiger partial charge is 0.335 e. The molecule has 0 unspecified atom stereocenters. The highest BCUT2D eigenvalue weighted by Gasteiger charge is 2.23. The van der Waals surface area contributed by atoms with Crippen LogP contribution in [0.2, 0.25) is 0 Å². The lowest BCUT2D eigenvalue weighted by Gasteiger charge is -2.15. The zero-order chi connectivity index (χ0) is 19.4. The van der Waals surface area contributed by atoms with Crippen molar-refractivity contribution >= 4 is 34.9 Å². The smallest absolute Gasteiger partial charge is 0.319 e. The summed E-state index contributed by atoms with van der Waals surface area (Å²) >= 11 is 0. The number of nitrogens with one attached hydrogen (secondary N) is 3.